The van der Waals surface area contributed by atoms with Crippen molar-refractivity contribution in [2.24, 2.45) is 0 Å². The molecule has 0 atom stereocenters. The van der Waals surface area contributed by atoms with E-state index in [1.54, 1.807) is 12.1 Å². The summed E-state index contributed by atoms with van der Waals surface area (Å²) in [7, 11) is 0. The second kappa shape index (κ2) is 4.58. The maximum Gasteiger partial charge on any atom is 0.586 e. The summed E-state index contributed by atoms with van der Waals surface area (Å²) in [5.74, 6) is -0.570. The molecule has 108 valence electrons. The van der Waals surface area contributed by atoms with Crippen molar-refractivity contribution in [1.29, 1.82) is 0 Å². The molecule has 1 aromatic heterocycles. The Hall–Kier alpha value is -2.90. The van der Waals surface area contributed by atoms with Gasteiger partial charge in [0.05, 0.1) is 0 Å². The van der Waals surface area contributed by atoms with Gasteiger partial charge in [-0.2, -0.15) is 0 Å². The van der Waals surface area contributed by atoms with Crippen LogP contribution in [0.5, 0.6) is 11.5 Å². The summed E-state index contributed by atoms with van der Waals surface area (Å²) in [5.41, 5.74) is 5.86. The molecule has 3 N–H and O–H groups in total. The van der Waals surface area contributed by atoms with Crippen molar-refractivity contribution >= 4 is 17.4 Å². The summed E-state index contributed by atoms with van der Waals surface area (Å²) in [6, 6.07) is 8.52. The minimum atomic E-state index is -3.69. The number of nitrogens with one attached hydrogen (secondary N) is 1. The second-order valence-corrected chi connectivity index (χ2v) is 4.23. The van der Waals surface area contributed by atoms with Crippen molar-refractivity contribution < 1.29 is 23.0 Å². The van der Waals surface area contributed by atoms with E-state index >= 15 is 0 Å². The number of pyridine rings is 1. The molecule has 0 radical (unpaired) electrons. The van der Waals surface area contributed by atoms with Crippen LogP contribution in [0.25, 0.3) is 0 Å². The average Bonchev–Trinajstić information content (AvgIpc) is 2.72. The molecule has 21 heavy (non-hydrogen) atoms. The largest absolute Gasteiger partial charge is 0.586 e. The molecule has 0 fully saturated rings. The number of nitrogens with two attached hydrogens (primary N) is 1. The van der Waals surface area contributed by atoms with E-state index in [4.69, 9.17) is 5.73 Å². The first-order chi connectivity index (χ1) is 9.93. The summed E-state index contributed by atoms with van der Waals surface area (Å²) in [4.78, 5) is 15.8. The first-order valence-electron chi connectivity index (χ1n) is 5.87. The van der Waals surface area contributed by atoms with Crippen LogP contribution in [-0.4, -0.2) is 17.2 Å². The highest BCUT2D eigenvalue weighted by Gasteiger charge is 2.43. The van der Waals surface area contributed by atoms with Crippen LogP contribution in [0.15, 0.2) is 36.4 Å². The van der Waals surface area contributed by atoms with E-state index in [0.717, 1.165) is 0 Å². The second-order valence-electron chi connectivity index (χ2n) is 4.23. The van der Waals surface area contributed by atoms with E-state index in [9.17, 15) is 13.6 Å². The average molecular weight is 293 g/mol. The van der Waals surface area contributed by atoms with E-state index < -0.39 is 12.2 Å². The molecule has 2 aromatic rings. The zero-order chi connectivity index (χ0) is 15.0. The van der Waals surface area contributed by atoms with Crippen molar-refractivity contribution in [2.75, 3.05) is 11.1 Å². The van der Waals surface area contributed by atoms with Crippen LogP contribution in [0.3, 0.4) is 0 Å². The summed E-state index contributed by atoms with van der Waals surface area (Å²) >= 11 is 0. The number of amides is 1. The van der Waals surface area contributed by atoms with E-state index in [2.05, 4.69) is 19.8 Å². The molecular weight excluding hydrogens is 284 g/mol. The molecule has 0 spiro atoms. The molecule has 3 rings (SSSR count). The Morgan fingerprint density at radius 1 is 1.19 bits per heavy atom. The standard InChI is InChI=1S/C13H9F2N3O3/c14-13(15)20-9-5-4-7(6-10(9)21-13)17-12(19)8-2-1-3-11(16)18-8/h1-6H,(H2,16,18)(H,17,19). The number of ether oxygens (including phenoxy) is 2. The number of nitrogen functional groups attached to an aromatic ring is 1. The van der Waals surface area contributed by atoms with E-state index in [0.29, 0.717) is 0 Å². The number of hydrogen-bond donors (Lipinski definition) is 2. The number of halogens is 2. The van der Waals surface area contributed by atoms with Gasteiger partial charge in [0.2, 0.25) is 0 Å². The molecule has 0 unspecified atom stereocenters. The molecule has 1 aliphatic rings. The lowest BCUT2D eigenvalue weighted by Crippen LogP contribution is -2.25. The minimum absolute atomic E-state index is 0.0971. The number of fused-ring (bicyclic) bond motifs is 1. The van der Waals surface area contributed by atoms with Gasteiger partial charge < -0.3 is 20.5 Å². The third-order valence-electron chi connectivity index (χ3n) is 2.66. The molecule has 2 heterocycles. The third-order valence-corrected chi connectivity index (χ3v) is 2.66. The van der Waals surface area contributed by atoms with Crippen LogP contribution in [0, 0.1) is 0 Å². The van der Waals surface area contributed by atoms with Gasteiger partial charge in [-0.05, 0) is 24.3 Å². The van der Waals surface area contributed by atoms with Gasteiger partial charge in [0.1, 0.15) is 11.5 Å². The monoisotopic (exact) mass is 293 g/mol. The van der Waals surface area contributed by atoms with Crippen LogP contribution in [0.4, 0.5) is 20.3 Å². The van der Waals surface area contributed by atoms with Crippen molar-refractivity contribution in [2.45, 2.75) is 6.29 Å². The SMILES string of the molecule is Nc1cccc(C(=O)Nc2ccc3c(c2)OC(F)(F)O3)n1. The van der Waals surface area contributed by atoms with Crippen molar-refractivity contribution in [1.82, 2.24) is 4.98 Å². The quantitative estimate of drug-likeness (QED) is 0.886. The highest BCUT2D eigenvalue weighted by atomic mass is 19.3. The molecular formula is C13H9F2N3O3. The summed E-state index contributed by atoms with van der Waals surface area (Å²) < 4.78 is 34.3. The van der Waals surface area contributed by atoms with Gasteiger partial charge >= 0.3 is 6.29 Å². The minimum Gasteiger partial charge on any atom is -0.395 e. The summed E-state index contributed by atoms with van der Waals surface area (Å²) in [6.45, 7) is 0. The van der Waals surface area contributed by atoms with Gasteiger partial charge in [0.15, 0.2) is 11.5 Å². The first kappa shape index (κ1) is 13.1. The Morgan fingerprint density at radius 3 is 2.71 bits per heavy atom. The normalized spacial score (nSPS) is 14.8. The fourth-order valence-electron chi connectivity index (χ4n) is 1.80. The molecule has 1 aromatic carbocycles. The number of benzene rings is 1. The fraction of sp³-hybridized carbons (Fsp3) is 0.0769. The Balaban J connectivity index is 1.79. The molecule has 0 saturated carbocycles. The molecule has 0 aliphatic carbocycles. The maximum atomic E-state index is 12.9. The number of anilines is 2. The lowest BCUT2D eigenvalue weighted by molar-refractivity contribution is -0.286. The van der Waals surface area contributed by atoms with Gasteiger partial charge in [-0.3, -0.25) is 4.79 Å². The molecule has 0 bridgehead atoms. The number of carbonyl (C=O) groups excluding carboxylic acids is 1. The zero-order valence-corrected chi connectivity index (χ0v) is 10.5. The number of carbonyl (C=O) groups is 1. The number of hydrogen-bond acceptors (Lipinski definition) is 5. The Morgan fingerprint density at radius 2 is 1.95 bits per heavy atom. The third kappa shape index (κ3) is 2.69. The zero-order valence-electron chi connectivity index (χ0n) is 10.5. The van der Waals surface area contributed by atoms with Crippen molar-refractivity contribution in [3.05, 3.63) is 42.1 Å². The van der Waals surface area contributed by atoms with Crippen molar-refractivity contribution in [3.63, 3.8) is 0 Å². The molecule has 6 nitrogen and oxygen atoms in total. The Bertz CT molecular complexity index is 722. The highest BCUT2D eigenvalue weighted by molar-refractivity contribution is 6.03. The van der Waals surface area contributed by atoms with Crippen LogP contribution in [-0.2, 0) is 0 Å². The smallest absolute Gasteiger partial charge is 0.395 e. The Kier molecular flexibility index (Phi) is 2.86. The fourth-order valence-corrected chi connectivity index (χ4v) is 1.80. The lowest BCUT2D eigenvalue weighted by atomic mass is 10.2. The number of aromatic nitrogens is 1. The van der Waals surface area contributed by atoms with E-state index in [-0.39, 0.29) is 28.7 Å². The van der Waals surface area contributed by atoms with E-state index in [1.807, 2.05) is 0 Å². The number of rotatable bonds is 2. The van der Waals surface area contributed by atoms with Crippen LogP contribution < -0.4 is 20.5 Å². The number of alkyl halides is 2. The van der Waals surface area contributed by atoms with Crippen molar-refractivity contribution in [3.8, 4) is 11.5 Å². The van der Waals surface area contributed by atoms with Gasteiger partial charge in [0, 0.05) is 11.8 Å². The Labute approximate surface area is 117 Å². The lowest BCUT2D eigenvalue weighted by Gasteiger charge is -2.06. The predicted octanol–water partition coefficient (Wildman–Crippen LogP) is 2.24. The summed E-state index contributed by atoms with van der Waals surface area (Å²) in [5, 5.41) is 2.51. The topological polar surface area (TPSA) is 86.5 Å². The molecule has 0 saturated heterocycles. The highest BCUT2D eigenvalue weighted by Crippen LogP contribution is 2.42. The van der Waals surface area contributed by atoms with Gasteiger partial charge in [0.25, 0.3) is 5.91 Å². The molecule has 1 amide bonds. The number of nitrogens with zero attached hydrogens (tertiary/aromatic N) is 1. The summed E-state index contributed by atoms with van der Waals surface area (Å²) in [6.07, 6.45) is -3.69. The molecule has 8 heteroatoms. The predicted molar refractivity (Wildman–Crippen MR) is 69.2 cm³/mol. The molecule has 1 aliphatic heterocycles. The van der Waals surface area contributed by atoms with Gasteiger partial charge in [-0.25, -0.2) is 4.98 Å². The maximum absolute atomic E-state index is 12.9. The first-order valence-corrected chi connectivity index (χ1v) is 5.87. The van der Waals surface area contributed by atoms with Gasteiger partial charge in [-0.15, -0.1) is 8.78 Å². The van der Waals surface area contributed by atoms with E-state index in [1.165, 1.54) is 24.3 Å². The van der Waals surface area contributed by atoms with Crippen LogP contribution >= 0.6 is 0 Å². The van der Waals surface area contributed by atoms with Gasteiger partial charge in [-0.1, -0.05) is 6.07 Å². The van der Waals surface area contributed by atoms with Crippen LogP contribution in [0.2, 0.25) is 0 Å². The van der Waals surface area contributed by atoms with Crippen LogP contribution in [0.1, 0.15) is 10.5 Å².